The summed E-state index contributed by atoms with van der Waals surface area (Å²) in [4.78, 5) is 11.8. The van der Waals surface area contributed by atoms with E-state index in [2.05, 4.69) is 0 Å². The van der Waals surface area contributed by atoms with E-state index in [1.54, 1.807) is 32.9 Å². The first-order valence-electron chi connectivity index (χ1n) is 4.99. The molecular weight excluding hydrogens is 226 g/mol. The normalized spacial score (nSPS) is 11.3. The van der Waals surface area contributed by atoms with Gasteiger partial charge in [0.1, 0.15) is 5.60 Å². The molecule has 0 saturated heterocycles. The zero-order chi connectivity index (χ0) is 12.5. The number of aryl methyl sites for hydroxylation is 1. The van der Waals surface area contributed by atoms with Crippen LogP contribution in [-0.4, -0.2) is 11.6 Å². The molecule has 3 nitrogen and oxygen atoms in total. The van der Waals surface area contributed by atoms with Crippen molar-refractivity contribution < 1.29 is 9.53 Å². The van der Waals surface area contributed by atoms with E-state index in [0.717, 1.165) is 5.56 Å². The van der Waals surface area contributed by atoms with Gasteiger partial charge in [0.2, 0.25) is 0 Å². The van der Waals surface area contributed by atoms with E-state index in [0.29, 0.717) is 10.6 Å². The lowest BCUT2D eigenvalue weighted by Crippen LogP contribution is -2.24. The molecule has 0 aliphatic rings. The maximum atomic E-state index is 11.8. The second-order valence-corrected chi connectivity index (χ2v) is 5.12. The Bertz CT molecular complexity index is 422. The molecule has 0 heterocycles. The maximum absolute atomic E-state index is 11.8. The van der Waals surface area contributed by atoms with E-state index in [1.165, 1.54) is 0 Å². The topological polar surface area (TPSA) is 52.3 Å². The van der Waals surface area contributed by atoms with Gasteiger partial charge >= 0.3 is 5.97 Å². The number of hydrogen-bond acceptors (Lipinski definition) is 3. The number of ether oxygens (including phenoxy) is 1. The van der Waals surface area contributed by atoms with E-state index < -0.39 is 11.6 Å². The Labute approximate surface area is 101 Å². The van der Waals surface area contributed by atoms with Crippen molar-refractivity contribution in [3.8, 4) is 0 Å². The zero-order valence-electron chi connectivity index (χ0n) is 9.93. The monoisotopic (exact) mass is 241 g/mol. The molecule has 0 unspecified atom stereocenters. The first kappa shape index (κ1) is 12.8. The van der Waals surface area contributed by atoms with Gasteiger partial charge in [-0.1, -0.05) is 11.6 Å². The lowest BCUT2D eigenvalue weighted by atomic mass is 10.1. The average molecular weight is 242 g/mol. The van der Waals surface area contributed by atoms with Gasteiger partial charge in [0, 0.05) is 0 Å². The number of carbonyl (C=O) groups excluding carboxylic acids is 1. The van der Waals surface area contributed by atoms with Gasteiger partial charge in [-0.15, -0.1) is 0 Å². The molecule has 16 heavy (non-hydrogen) atoms. The Morgan fingerprint density at radius 3 is 2.44 bits per heavy atom. The molecule has 0 aromatic heterocycles. The quantitative estimate of drug-likeness (QED) is 0.607. The summed E-state index contributed by atoms with van der Waals surface area (Å²) in [5, 5.41) is 0.376. The van der Waals surface area contributed by atoms with Gasteiger partial charge in [-0.3, -0.25) is 0 Å². The van der Waals surface area contributed by atoms with Crippen molar-refractivity contribution >= 4 is 23.3 Å². The SMILES string of the molecule is Cc1cc(Cl)c(N)c(C(=O)OC(C)(C)C)c1. The van der Waals surface area contributed by atoms with Crippen molar-refractivity contribution in [2.45, 2.75) is 33.3 Å². The minimum atomic E-state index is -0.542. The Hall–Kier alpha value is -1.22. The third-order valence-electron chi connectivity index (χ3n) is 1.89. The third-order valence-corrected chi connectivity index (χ3v) is 2.21. The minimum absolute atomic E-state index is 0.265. The summed E-state index contributed by atoms with van der Waals surface area (Å²) in [5.74, 6) is -0.449. The van der Waals surface area contributed by atoms with Crippen LogP contribution in [0.3, 0.4) is 0 Å². The largest absolute Gasteiger partial charge is 0.456 e. The number of nitrogens with two attached hydrogens (primary N) is 1. The molecule has 0 aliphatic heterocycles. The number of hydrogen-bond donors (Lipinski definition) is 1. The summed E-state index contributed by atoms with van der Waals surface area (Å²) in [6.45, 7) is 7.26. The van der Waals surface area contributed by atoms with Crippen LogP contribution >= 0.6 is 11.6 Å². The van der Waals surface area contributed by atoms with Gasteiger partial charge < -0.3 is 10.5 Å². The molecule has 0 spiro atoms. The zero-order valence-corrected chi connectivity index (χ0v) is 10.7. The van der Waals surface area contributed by atoms with Crippen LogP contribution in [0, 0.1) is 6.92 Å². The molecule has 0 atom stereocenters. The molecule has 0 amide bonds. The van der Waals surface area contributed by atoms with Crippen LogP contribution in [0.4, 0.5) is 5.69 Å². The predicted molar refractivity (Wildman–Crippen MR) is 65.8 cm³/mol. The van der Waals surface area contributed by atoms with Crippen LogP contribution in [0.15, 0.2) is 12.1 Å². The van der Waals surface area contributed by atoms with Crippen molar-refractivity contribution in [2.24, 2.45) is 0 Å². The van der Waals surface area contributed by atoms with E-state index in [-0.39, 0.29) is 5.69 Å². The number of nitrogen functional groups attached to an aromatic ring is 1. The number of rotatable bonds is 1. The number of anilines is 1. The summed E-state index contributed by atoms with van der Waals surface area (Å²) in [7, 11) is 0. The highest BCUT2D eigenvalue weighted by molar-refractivity contribution is 6.34. The second kappa shape index (κ2) is 4.34. The summed E-state index contributed by atoms with van der Waals surface area (Å²) < 4.78 is 5.24. The highest BCUT2D eigenvalue weighted by Crippen LogP contribution is 2.26. The fraction of sp³-hybridized carbons (Fsp3) is 0.417. The van der Waals surface area contributed by atoms with Gasteiger partial charge in [0.25, 0.3) is 0 Å². The Balaban J connectivity index is 3.09. The van der Waals surface area contributed by atoms with Crippen LogP contribution < -0.4 is 5.73 Å². The standard InChI is InChI=1S/C12H16ClNO2/c1-7-5-8(10(14)9(13)6-7)11(15)16-12(2,3)4/h5-6H,14H2,1-4H3. The summed E-state index contributed by atoms with van der Waals surface area (Å²) in [6, 6.07) is 3.39. The first-order valence-corrected chi connectivity index (χ1v) is 5.37. The van der Waals surface area contributed by atoms with E-state index in [1.807, 2.05) is 6.92 Å². The molecule has 0 radical (unpaired) electrons. The summed E-state index contributed by atoms with van der Waals surface area (Å²) in [6.07, 6.45) is 0. The Morgan fingerprint density at radius 1 is 1.38 bits per heavy atom. The van der Waals surface area contributed by atoms with E-state index >= 15 is 0 Å². The molecule has 0 saturated carbocycles. The van der Waals surface area contributed by atoms with Gasteiger partial charge in [0.15, 0.2) is 0 Å². The predicted octanol–water partition coefficient (Wildman–Crippen LogP) is 3.19. The Kier molecular flexibility index (Phi) is 3.48. The van der Waals surface area contributed by atoms with Gasteiger partial charge in [-0.2, -0.15) is 0 Å². The van der Waals surface area contributed by atoms with Gasteiger partial charge in [0.05, 0.1) is 16.3 Å². The van der Waals surface area contributed by atoms with Crippen LogP contribution in [0.2, 0.25) is 5.02 Å². The fourth-order valence-corrected chi connectivity index (χ4v) is 1.53. The summed E-state index contributed by atoms with van der Waals surface area (Å²) >= 11 is 5.90. The van der Waals surface area contributed by atoms with Crippen LogP contribution in [0.25, 0.3) is 0 Å². The highest BCUT2D eigenvalue weighted by Gasteiger charge is 2.20. The molecule has 0 bridgehead atoms. The van der Waals surface area contributed by atoms with Crippen molar-refractivity contribution in [2.75, 3.05) is 5.73 Å². The van der Waals surface area contributed by atoms with E-state index in [4.69, 9.17) is 22.1 Å². The molecule has 1 aromatic carbocycles. The molecule has 0 fully saturated rings. The van der Waals surface area contributed by atoms with Crippen molar-refractivity contribution in [1.29, 1.82) is 0 Å². The fourth-order valence-electron chi connectivity index (χ4n) is 1.26. The van der Waals surface area contributed by atoms with Gasteiger partial charge in [-0.25, -0.2) is 4.79 Å². The lowest BCUT2D eigenvalue weighted by molar-refractivity contribution is 0.00707. The molecule has 1 aromatic rings. The molecule has 88 valence electrons. The second-order valence-electron chi connectivity index (χ2n) is 4.71. The minimum Gasteiger partial charge on any atom is -0.456 e. The third kappa shape index (κ3) is 3.14. The molecule has 4 heteroatoms. The maximum Gasteiger partial charge on any atom is 0.340 e. The molecular formula is C12H16ClNO2. The average Bonchev–Trinajstić information content (AvgIpc) is 2.08. The van der Waals surface area contributed by atoms with Crippen LogP contribution in [0.1, 0.15) is 36.7 Å². The number of carbonyl (C=O) groups is 1. The Morgan fingerprint density at radius 2 is 1.94 bits per heavy atom. The van der Waals surface area contributed by atoms with E-state index in [9.17, 15) is 4.79 Å². The highest BCUT2D eigenvalue weighted by atomic mass is 35.5. The van der Waals surface area contributed by atoms with Crippen LogP contribution in [0.5, 0.6) is 0 Å². The van der Waals surface area contributed by atoms with Crippen molar-refractivity contribution in [3.63, 3.8) is 0 Å². The molecule has 0 aliphatic carbocycles. The van der Waals surface area contributed by atoms with Crippen molar-refractivity contribution in [1.82, 2.24) is 0 Å². The first-order chi connectivity index (χ1) is 7.20. The van der Waals surface area contributed by atoms with Crippen molar-refractivity contribution in [3.05, 3.63) is 28.3 Å². The molecule has 1 rings (SSSR count). The van der Waals surface area contributed by atoms with Gasteiger partial charge in [-0.05, 0) is 45.4 Å². The number of esters is 1. The lowest BCUT2D eigenvalue weighted by Gasteiger charge is -2.20. The number of benzene rings is 1. The molecule has 2 N–H and O–H groups in total. The summed E-state index contributed by atoms with van der Waals surface area (Å²) in [5.41, 5.74) is 6.66. The number of halogens is 1. The smallest absolute Gasteiger partial charge is 0.340 e. The van der Waals surface area contributed by atoms with Crippen LogP contribution in [-0.2, 0) is 4.74 Å².